The monoisotopic (exact) mass is 708 g/mol. The van der Waals surface area contributed by atoms with Gasteiger partial charge in [0, 0.05) is 67.5 Å². The lowest BCUT2D eigenvalue weighted by Gasteiger charge is -2.36. The molecule has 8 rings (SSSR count). The van der Waals surface area contributed by atoms with Crippen molar-refractivity contribution in [3.05, 3.63) is 142 Å². The van der Waals surface area contributed by atoms with Crippen LogP contribution in [0.4, 0.5) is 10.5 Å². The SMILES string of the molecule is CC1Cc2ccccc2CN1C(=O)c1cc2c(cc1-c1cc(C(=O)N(C)c3ccc(O)cc3)c3n1CCCC3)CCN(C(=O)OCc1ccccc1)C2. The molecule has 3 aliphatic heterocycles. The number of nitrogens with zero attached hydrogens (tertiary/aromatic N) is 4. The van der Waals surface area contributed by atoms with Gasteiger partial charge in [0.15, 0.2) is 0 Å². The van der Waals surface area contributed by atoms with Crippen molar-refractivity contribution < 1.29 is 24.2 Å². The summed E-state index contributed by atoms with van der Waals surface area (Å²) in [4.78, 5) is 47.7. The second-order valence-corrected chi connectivity index (χ2v) is 14.5. The number of benzene rings is 4. The zero-order chi connectivity index (χ0) is 36.6. The van der Waals surface area contributed by atoms with E-state index in [1.807, 2.05) is 53.4 Å². The van der Waals surface area contributed by atoms with Gasteiger partial charge in [-0.3, -0.25) is 9.59 Å². The quantitative estimate of drug-likeness (QED) is 0.195. The number of rotatable bonds is 6. The molecule has 5 aromatic rings. The van der Waals surface area contributed by atoms with Crippen LogP contribution in [0.1, 0.15) is 74.0 Å². The highest BCUT2D eigenvalue weighted by molar-refractivity contribution is 6.08. The fraction of sp³-hybridized carbons (Fsp3) is 0.295. The highest BCUT2D eigenvalue weighted by atomic mass is 16.6. The molecule has 4 aromatic carbocycles. The van der Waals surface area contributed by atoms with Gasteiger partial charge < -0.3 is 29.1 Å². The topological polar surface area (TPSA) is 95.3 Å². The number of fused-ring (bicyclic) bond motifs is 3. The molecule has 9 nitrogen and oxygen atoms in total. The van der Waals surface area contributed by atoms with Crippen molar-refractivity contribution in [3.8, 4) is 17.0 Å². The number of phenols is 1. The van der Waals surface area contributed by atoms with E-state index >= 15 is 0 Å². The van der Waals surface area contributed by atoms with Crippen LogP contribution in [0, 0.1) is 0 Å². The lowest BCUT2D eigenvalue weighted by Crippen LogP contribution is -2.43. The van der Waals surface area contributed by atoms with Crippen LogP contribution in [0.5, 0.6) is 5.75 Å². The Balaban J connectivity index is 1.18. The first kappa shape index (κ1) is 34.3. The maximum Gasteiger partial charge on any atom is 0.410 e. The van der Waals surface area contributed by atoms with E-state index in [1.54, 1.807) is 41.1 Å². The van der Waals surface area contributed by atoms with Crippen molar-refractivity contribution in [1.82, 2.24) is 14.4 Å². The summed E-state index contributed by atoms with van der Waals surface area (Å²) >= 11 is 0. The van der Waals surface area contributed by atoms with Crippen LogP contribution in [-0.4, -0.2) is 57.0 Å². The van der Waals surface area contributed by atoms with E-state index < -0.39 is 0 Å². The zero-order valence-corrected chi connectivity index (χ0v) is 30.3. The second kappa shape index (κ2) is 14.3. The highest BCUT2D eigenvalue weighted by Crippen LogP contribution is 2.38. The second-order valence-electron chi connectivity index (χ2n) is 14.5. The molecule has 4 heterocycles. The minimum atomic E-state index is -0.376. The van der Waals surface area contributed by atoms with Crippen molar-refractivity contribution in [2.24, 2.45) is 0 Å². The molecule has 1 unspecified atom stereocenters. The molecule has 0 radical (unpaired) electrons. The van der Waals surface area contributed by atoms with Gasteiger partial charge in [-0.05, 0) is 109 Å². The van der Waals surface area contributed by atoms with E-state index in [4.69, 9.17) is 4.74 Å². The maximum atomic E-state index is 14.9. The summed E-state index contributed by atoms with van der Waals surface area (Å²) in [6, 6.07) is 30.7. The van der Waals surface area contributed by atoms with E-state index in [1.165, 1.54) is 5.56 Å². The molecule has 270 valence electrons. The van der Waals surface area contributed by atoms with Crippen molar-refractivity contribution in [1.29, 1.82) is 0 Å². The van der Waals surface area contributed by atoms with Crippen LogP contribution < -0.4 is 4.90 Å². The fourth-order valence-corrected chi connectivity index (χ4v) is 8.13. The van der Waals surface area contributed by atoms with E-state index in [-0.39, 0.29) is 36.3 Å². The van der Waals surface area contributed by atoms with Gasteiger partial charge in [-0.1, -0.05) is 54.6 Å². The number of ether oxygens (including phenoxy) is 1. The standard InChI is InChI=1S/C44H44N4O5/c1-29-22-31-12-6-7-13-33(31)27-48(29)43(51)38-24-34-26-46(44(52)53-28-30-10-4-3-5-11-30)21-19-32(34)23-37(38)41-25-39(40-14-8-9-20-47(40)41)42(50)45(2)35-15-17-36(49)18-16-35/h3-7,10-13,15-18,23-25,29,49H,8-9,14,19-22,26-28H2,1-2H3. The van der Waals surface area contributed by atoms with Crippen LogP contribution in [0.25, 0.3) is 11.3 Å². The highest BCUT2D eigenvalue weighted by Gasteiger charge is 2.33. The lowest BCUT2D eigenvalue weighted by atomic mass is 9.90. The molecule has 3 amide bonds. The van der Waals surface area contributed by atoms with Gasteiger partial charge in [0.1, 0.15) is 12.4 Å². The number of amides is 3. The van der Waals surface area contributed by atoms with Gasteiger partial charge in [-0.15, -0.1) is 0 Å². The Labute approximate surface area is 310 Å². The summed E-state index contributed by atoms with van der Waals surface area (Å²) in [5.41, 5.74) is 9.89. The average Bonchev–Trinajstić information content (AvgIpc) is 3.58. The Morgan fingerprint density at radius 2 is 1.55 bits per heavy atom. The van der Waals surface area contributed by atoms with Gasteiger partial charge >= 0.3 is 6.09 Å². The van der Waals surface area contributed by atoms with Crippen molar-refractivity contribution in [2.45, 2.75) is 71.3 Å². The molecule has 0 aliphatic carbocycles. The van der Waals surface area contributed by atoms with Crippen LogP contribution in [0.2, 0.25) is 0 Å². The first-order chi connectivity index (χ1) is 25.7. The number of aromatic hydroxyl groups is 1. The Hall–Kier alpha value is -5.83. The van der Waals surface area contributed by atoms with Crippen molar-refractivity contribution >= 4 is 23.6 Å². The number of hydrogen-bond acceptors (Lipinski definition) is 5. The first-order valence-corrected chi connectivity index (χ1v) is 18.5. The molecule has 9 heteroatoms. The van der Waals surface area contributed by atoms with E-state index in [0.717, 1.165) is 71.4 Å². The molecule has 53 heavy (non-hydrogen) atoms. The minimum absolute atomic E-state index is 0.0110. The van der Waals surface area contributed by atoms with Gasteiger partial charge in [0.25, 0.3) is 11.8 Å². The van der Waals surface area contributed by atoms with Crippen LogP contribution in [0.15, 0.2) is 97.1 Å². The fourth-order valence-electron chi connectivity index (χ4n) is 8.13. The largest absolute Gasteiger partial charge is 0.508 e. The number of carbonyl (C=O) groups is 3. The van der Waals surface area contributed by atoms with Gasteiger partial charge in [0.2, 0.25) is 0 Å². The van der Waals surface area contributed by atoms with E-state index in [0.29, 0.717) is 42.9 Å². The van der Waals surface area contributed by atoms with Crippen LogP contribution in [0.3, 0.4) is 0 Å². The number of hydrogen-bond donors (Lipinski definition) is 1. The van der Waals surface area contributed by atoms with Crippen molar-refractivity contribution in [2.75, 3.05) is 18.5 Å². The average molecular weight is 709 g/mol. The van der Waals surface area contributed by atoms with E-state index in [9.17, 15) is 19.5 Å². The van der Waals surface area contributed by atoms with Crippen LogP contribution in [-0.2, 0) is 50.2 Å². The molecule has 1 atom stereocenters. The third-order valence-corrected chi connectivity index (χ3v) is 11.1. The molecular weight excluding hydrogens is 665 g/mol. The predicted octanol–water partition coefficient (Wildman–Crippen LogP) is 7.76. The number of anilines is 1. The summed E-state index contributed by atoms with van der Waals surface area (Å²) in [7, 11) is 1.75. The Kier molecular flexibility index (Phi) is 9.24. The summed E-state index contributed by atoms with van der Waals surface area (Å²) in [6.07, 6.45) is 3.73. The van der Waals surface area contributed by atoms with Crippen LogP contribution >= 0.6 is 0 Å². The number of aromatic nitrogens is 1. The summed E-state index contributed by atoms with van der Waals surface area (Å²) in [5, 5.41) is 9.84. The van der Waals surface area contributed by atoms with Gasteiger partial charge in [-0.25, -0.2) is 4.79 Å². The Morgan fingerprint density at radius 1 is 0.792 bits per heavy atom. The molecule has 0 spiro atoms. The Morgan fingerprint density at radius 3 is 2.34 bits per heavy atom. The maximum absolute atomic E-state index is 14.9. The lowest BCUT2D eigenvalue weighted by molar-refractivity contribution is 0.0658. The number of carbonyl (C=O) groups excluding carboxylic acids is 3. The molecule has 1 N–H and O–H groups in total. The summed E-state index contributed by atoms with van der Waals surface area (Å²) < 4.78 is 7.94. The predicted molar refractivity (Wildman–Crippen MR) is 204 cm³/mol. The molecule has 0 bridgehead atoms. The Bertz CT molecular complexity index is 2190. The first-order valence-electron chi connectivity index (χ1n) is 18.5. The molecule has 3 aliphatic rings. The summed E-state index contributed by atoms with van der Waals surface area (Å²) in [6.45, 7) is 4.40. The smallest absolute Gasteiger partial charge is 0.410 e. The van der Waals surface area contributed by atoms with E-state index in [2.05, 4.69) is 35.8 Å². The zero-order valence-electron chi connectivity index (χ0n) is 30.3. The number of phenolic OH excluding ortho intramolecular Hbond substituents is 1. The summed E-state index contributed by atoms with van der Waals surface area (Å²) in [5.74, 6) is -0.0557. The third-order valence-electron chi connectivity index (χ3n) is 11.1. The molecule has 0 saturated carbocycles. The van der Waals surface area contributed by atoms with Crippen molar-refractivity contribution in [3.63, 3.8) is 0 Å². The van der Waals surface area contributed by atoms with Gasteiger partial charge in [0.05, 0.1) is 5.56 Å². The molecular formula is C44H44N4O5. The third kappa shape index (κ3) is 6.67. The molecule has 0 saturated heterocycles. The normalized spacial score (nSPS) is 16.3. The molecule has 0 fully saturated rings. The molecule has 1 aromatic heterocycles. The van der Waals surface area contributed by atoms with Gasteiger partial charge in [-0.2, -0.15) is 0 Å². The minimum Gasteiger partial charge on any atom is -0.508 e.